The van der Waals surface area contributed by atoms with Gasteiger partial charge in [-0.3, -0.25) is 15.0 Å². The SMILES string of the molecule is C=C1NNC(=O)C1CC(=O)NN=Cc1ccc(F)cc1. The van der Waals surface area contributed by atoms with Crippen molar-refractivity contribution in [3.05, 3.63) is 47.9 Å². The molecule has 2 amide bonds. The monoisotopic (exact) mass is 276 g/mol. The van der Waals surface area contributed by atoms with Gasteiger partial charge in [-0.25, -0.2) is 9.82 Å². The highest BCUT2D eigenvalue weighted by Gasteiger charge is 2.29. The van der Waals surface area contributed by atoms with Gasteiger partial charge in [-0.05, 0) is 17.7 Å². The number of carbonyl (C=O) groups is 2. The van der Waals surface area contributed by atoms with Gasteiger partial charge in [-0.15, -0.1) is 0 Å². The molecule has 1 heterocycles. The lowest BCUT2D eigenvalue weighted by Gasteiger charge is -2.05. The molecular formula is C13H13FN4O2. The summed E-state index contributed by atoms with van der Waals surface area (Å²) in [7, 11) is 0. The minimum absolute atomic E-state index is 0.0432. The second-order valence-electron chi connectivity index (χ2n) is 4.24. The van der Waals surface area contributed by atoms with Crippen LogP contribution in [0.1, 0.15) is 12.0 Å². The van der Waals surface area contributed by atoms with Gasteiger partial charge in [-0.2, -0.15) is 5.10 Å². The molecule has 1 aromatic rings. The van der Waals surface area contributed by atoms with E-state index in [-0.39, 0.29) is 18.1 Å². The molecule has 0 aliphatic carbocycles. The second-order valence-corrected chi connectivity index (χ2v) is 4.24. The van der Waals surface area contributed by atoms with Gasteiger partial charge in [0.25, 0.3) is 0 Å². The lowest BCUT2D eigenvalue weighted by molar-refractivity contribution is -0.127. The summed E-state index contributed by atoms with van der Waals surface area (Å²) < 4.78 is 12.7. The van der Waals surface area contributed by atoms with E-state index < -0.39 is 11.8 Å². The number of amides is 2. The van der Waals surface area contributed by atoms with Crippen molar-refractivity contribution in [2.75, 3.05) is 0 Å². The van der Waals surface area contributed by atoms with Crippen LogP contribution in [-0.2, 0) is 9.59 Å². The van der Waals surface area contributed by atoms with Gasteiger partial charge < -0.3 is 5.43 Å². The standard InChI is InChI=1S/C13H13FN4O2/c1-8-11(13(20)18-16-8)6-12(19)17-15-7-9-2-4-10(14)5-3-9/h2-5,7,11,16H,1,6H2,(H,17,19)(H,18,20). The number of rotatable bonds is 4. The van der Waals surface area contributed by atoms with Crippen LogP contribution in [0.5, 0.6) is 0 Å². The first-order chi connectivity index (χ1) is 9.56. The molecule has 104 valence electrons. The summed E-state index contributed by atoms with van der Waals surface area (Å²) in [4.78, 5) is 23.0. The zero-order valence-corrected chi connectivity index (χ0v) is 10.5. The fourth-order valence-electron chi connectivity index (χ4n) is 1.65. The summed E-state index contributed by atoms with van der Waals surface area (Å²) in [6.07, 6.45) is 1.34. The minimum Gasteiger partial charge on any atom is -0.302 e. The summed E-state index contributed by atoms with van der Waals surface area (Å²) in [5.74, 6) is -1.65. The predicted molar refractivity (Wildman–Crippen MR) is 70.7 cm³/mol. The van der Waals surface area contributed by atoms with E-state index in [2.05, 4.69) is 28.0 Å². The molecule has 2 rings (SSSR count). The molecule has 1 unspecified atom stereocenters. The Hall–Kier alpha value is -2.70. The van der Waals surface area contributed by atoms with Crippen molar-refractivity contribution >= 4 is 18.0 Å². The summed E-state index contributed by atoms with van der Waals surface area (Å²) in [5.41, 5.74) is 8.34. The van der Waals surface area contributed by atoms with Gasteiger partial charge in [0.2, 0.25) is 11.8 Å². The van der Waals surface area contributed by atoms with Crippen molar-refractivity contribution in [3.8, 4) is 0 Å². The first-order valence-corrected chi connectivity index (χ1v) is 5.88. The molecule has 1 atom stereocenters. The van der Waals surface area contributed by atoms with Crippen molar-refractivity contribution < 1.29 is 14.0 Å². The summed E-state index contributed by atoms with van der Waals surface area (Å²) in [5, 5.41) is 3.73. The summed E-state index contributed by atoms with van der Waals surface area (Å²) in [6.45, 7) is 3.63. The average Bonchev–Trinajstić information content (AvgIpc) is 2.73. The molecule has 1 aliphatic heterocycles. The second kappa shape index (κ2) is 5.96. The Morgan fingerprint density at radius 2 is 2.10 bits per heavy atom. The van der Waals surface area contributed by atoms with Crippen LogP contribution in [0.15, 0.2) is 41.6 Å². The van der Waals surface area contributed by atoms with Crippen LogP contribution in [0.2, 0.25) is 0 Å². The molecule has 1 saturated heterocycles. The molecule has 0 bridgehead atoms. The van der Waals surface area contributed by atoms with Crippen molar-refractivity contribution in [1.29, 1.82) is 0 Å². The molecule has 1 aromatic carbocycles. The van der Waals surface area contributed by atoms with Crippen LogP contribution >= 0.6 is 0 Å². The van der Waals surface area contributed by atoms with E-state index in [1.54, 1.807) is 0 Å². The van der Waals surface area contributed by atoms with Crippen LogP contribution in [0, 0.1) is 11.7 Å². The number of hydrogen-bond acceptors (Lipinski definition) is 4. The Labute approximate surface area is 114 Å². The van der Waals surface area contributed by atoms with E-state index in [9.17, 15) is 14.0 Å². The fourth-order valence-corrected chi connectivity index (χ4v) is 1.65. The van der Waals surface area contributed by atoms with Gasteiger partial charge in [-0.1, -0.05) is 18.7 Å². The predicted octanol–water partition coefficient (Wildman–Crippen LogP) is 0.430. The maximum atomic E-state index is 12.7. The highest BCUT2D eigenvalue weighted by atomic mass is 19.1. The Bertz CT molecular complexity index is 552. The topological polar surface area (TPSA) is 82.6 Å². The zero-order valence-electron chi connectivity index (χ0n) is 10.5. The number of carbonyl (C=O) groups excluding carboxylic acids is 2. The van der Waals surface area contributed by atoms with E-state index in [1.165, 1.54) is 30.5 Å². The molecule has 1 fully saturated rings. The van der Waals surface area contributed by atoms with E-state index in [0.717, 1.165) is 0 Å². The maximum Gasteiger partial charge on any atom is 0.247 e. The highest BCUT2D eigenvalue weighted by Crippen LogP contribution is 2.15. The number of benzene rings is 1. The first kappa shape index (κ1) is 13.7. The molecular weight excluding hydrogens is 263 g/mol. The smallest absolute Gasteiger partial charge is 0.247 e. The lowest BCUT2D eigenvalue weighted by Crippen LogP contribution is -2.27. The summed E-state index contributed by atoms with van der Waals surface area (Å²) >= 11 is 0. The van der Waals surface area contributed by atoms with Crippen molar-refractivity contribution in [2.45, 2.75) is 6.42 Å². The average molecular weight is 276 g/mol. The van der Waals surface area contributed by atoms with E-state index in [4.69, 9.17) is 0 Å². The molecule has 1 aliphatic rings. The van der Waals surface area contributed by atoms with Crippen LogP contribution < -0.4 is 16.3 Å². The van der Waals surface area contributed by atoms with Crippen LogP contribution in [0.3, 0.4) is 0 Å². The third-order valence-electron chi connectivity index (χ3n) is 2.75. The minimum atomic E-state index is -0.601. The van der Waals surface area contributed by atoms with E-state index >= 15 is 0 Å². The molecule has 0 radical (unpaired) electrons. The number of hydrazine groups is 1. The Kier molecular flexibility index (Phi) is 4.09. The molecule has 0 aromatic heterocycles. The normalized spacial score (nSPS) is 17.9. The van der Waals surface area contributed by atoms with Gasteiger partial charge >= 0.3 is 0 Å². The zero-order chi connectivity index (χ0) is 14.5. The van der Waals surface area contributed by atoms with Gasteiger partial charge in [0.05, 0.1) is 12.1 Å². The molecule has 0 spiro atoms. The lowest BCUT2D eigenvalue weighted by atomic mass is 10.0. The summed E-state index contributed by atoms with van der Waals surface area (Å²) in [6, 6.07) is 5.64. The molecule has 6 nitrogen and oxygen atoms in total. The van der Waals surface area contributed by atoms with Crippen molar-refractivity contribution in [3.63, 3.8) is 0 Å². The quantitative estimate of drug-likeness (QED) is 0.551. The van der Waals surface area contributed by atoms with Gasteiger partial charge in [0.15, 0.2) is 0 Å². The number of hydrazone groups is 1. The molecule has 0 saturated carbocycles. The number of nitrogens with one attached hydrogen (secondary N) is 3. The number of hydrogen-bond donors (Lipinski definition) is 3. The molecule has 7 heteroatoms. The fraction of sp³-hybridized carbons (Fsp3) is 0.154. The van der Waals surface area contributed by atoms with Crippen LogP contribution in [0.25, 0.3) is 0 Å². The number of nitrogens with zero attached hydrogens (tertiary/aromatic N) is 1. The van der Waals surface area contributed by atoms with Crippen molar-refractivity contribution in [2.24, 2.45) is 11.0 Å². The Balaban J connectivity index is 1.84. The molecule has 3 N–H and O–H groups in total. The van der Waals surface area contributed by atoms with Gasteiger partial charge in [0, 0.05) is 12.1 Å². The highest BCUT2D eigenvalue weighted by molar-refractivity contribution is 5.89. The van der Waals surface area contributed by atoms with Gasteiger partial charge in [0.1, 0.15) is 5.82 Å². The Morgan fingerprint density at radius 1 is 1.40 bits per heavy atom. The maximum absolute atomic E-state index is 12.7. The third-order valence-corrected chi connectivity index (χ3v) is 2.75. The Morgan fingerprint density at radius 3 is 2.70 bits per heavy atom. The first-order valence-electron chi connectivity index (χ1n) is 5.88. The third kappa shape index (κ3) is 3.41. The van der Waals surface area contributed by atoms with E-state index in [0.29, 0.717) is 11.3 Å². The van der Waals surface area contributed by atoms with E-state index in [1.807, 2.05) is 0 Å². The van der Waals surface area contributed by atoms with Crippen LogP contribution in [-0.4, -0.2) is 18.0 Å². The van der Waals surface area contributed by atoms with Crippen molar-refractivity contribution in [1.82, 2.24) is 16.3 Å². The molecule has 20 heavy (non-hydrogen) atoms. The number of halogens is 1. The van der Waals surface area contributed by atoms with Crippen LogP contribution in [0.4, 0.5) is 4.39 Å². The largest absolute Gasteiger partial charge is 0.302 e.